The second-order valence-corrected chi connectivity index (χ2v) is 17.9. The second kappa shape index (κ2) is 24.3. The van der Waals surface area contributed by atoms with Crippen molar-refractivity contribution in [1.82, 2.24) is 39.2 Å². The molecule has 0 aliphatic carbocycles. The van der Waals surface area contributed by atoms with Gasteiger partial charge in [0.25, 0.3) is 0 Å². The third-order valence-electron chi connectivity index (χ3n) is 12.7. The molecular weight excluding hydrogens is 965 g/mol. The Morgan fingerprint density at radius 3 is 1.58 bits per heavy atom. The van der Waals surface area contributed by atoms with E-state index in [2.05, 4.69) is 36.2 Å². The maximum Gasteiger partial charge on any atom is 0.326 e. The molecule has 2 aliphatic rings. The van der Waals surface area contributed by atoms with Gasteiger partial charge < -0.3 is 30.3 Å². The van der Waals surface area contributed by atoms with Crippen molar-refractivity contribution in [3.05, 3.63) is 211 Å². The number of hydrogen-bond donors (Lipinski definition) is 2. The van der Waals surface area contributed by atoms with Crippen molar-refractivity contribution in [3.63, 3.8) is 0 Å². The summed E-state index contributed by atoms with van der Waals surface area (Å²) >= 11 is 0. The number of nitrogen functional groups attached to an aromatic ring is 1. The molecule has 6 aromatic heterocycles. The smallest absolute Gasteiger partial charge is 0.326 e. The van der Waals surface area contributed by atoms with Crippen LogP contribution in [0.2, 0.25) is 0 Å². The molecule has 2 aliphatic heterocycles. The maximum absolute atomic E-state index is 13.4. The van der Waals surface area contributed by atoms with Crippen LogP contribution in [0.4, 0.5) is 42.3 Å². The van der Waals surface area contributed by atoms with Crippen molar-refractivity contribution in [3.8, 4) is 22.8 Å². The number of rotatable bonds is 11. The van der Waals surface area contributed by atoms with Crippen molar-refractivity contribution >= 4 is 45.8 Å². The van der Waals surface area contributed by atoms with E-state index in [1.54, 1.807) is 47.8 Å². The molecule has 0 saturated carbocycles. The number of hydrogen-bond acceptors (Lipinski definition) is 12. The fourth-order valence-corrected chi connectivity index (χ4v) is 8.68. The van der Waals surface area contributed by atoms with E-state index >= 15 is 0 Å². The molecule has 0 atom stereocenters. The quantitative estimate of drug-likeness (QED) is 0.118. The molecule has 0 unspecified atom stereocenters. The molecule has 0 bridgehead atoms. The number of pyridine rings is 2. The van der Waals surface area contributed by atoms with E-state index in [0.717, 1.165) is 103 Å². The van der Waals surface area contributed by atoms with E-state index in [4.69, 9.17) is 30.3 Å². The van der Waals surface area contributed by atoms with Crippen molar-refractivity contribution in [1.29, 1.82) is 0 Å². The summed E-state index contributed by atoms with van der Waals surface area (Å²) in [6.45, 7) is 6.28. The predicted molar refractivity (Wildman–Crippen MR) is 291 cm³/mol. The molecule has 76 heavy (non-hydrogen) atoms. The fourth-order valence-electron chi connectivity index (χ4n) is 8.68. The minimum Gasteiger partial charge on any atom is -0.399 e. The molecule has 2 amide bonds. The number of nitrogens with two attached hydrogens (primary N) is 1. The van der Waals surface area contributed by atoms with Crippen LogP contribution >= 0.6 is 0 Å². The lowest BCUT2D eigenvalue weighted by Gasteiger charge is -2.28. The number of carbonyl (C=O) groups excluding carboxylic acids is 1. The van der Waals surface area contributed by atoms with Gasteiger partial charge in [-0.05, 0) is 145 Å². The molecule has 2 fully saturated rings. The number of morpholine rings is 2. The average Bonchev–Trinajstić information content (AvgIpc) is 4.17. The molecule has 4 aromatic carbocycles. The molecule has 12 rings (SSSR count). The Kier molecular flexibility index (Phi) is 16.1. The highest BCUT2D eigenvalue weighted by Gasteiger charge is 2.21. The number of urea groups is 1. The number of fused-ring (bicyclic) bond motifs is 2. The first-order valence-electron chi connectivity index (χ1n) is 25.0. The lowest BCUT2D eigenvalue weighted by Crippen LogP contribution is -2.37. The standard InChI is InChI=1S/C29H26FN7O2.C16H17N5O.C13H12FN/c30-23-9-5-21(6-10-23)20-36(25-3-1-13-31-19-25)29(38)32-24-11-7-22(8-12-24)27-33-28(35-15-17-39-18-16-35)26-4-2-14-37(26)34-27;17-13-5-3-12(4-6-13)15-18-16(20-8-10-22-11-9-20)14-2-1-7-21(14)19-15;14-13-7-5-11(6-8-13)3-4-12-2-1-9-15-10-12/h1-14,19H,15-18,20H2,(H,32,38);1-7H,8-11,17H2;1-2,5-10H,3-4H2. The molecule has 3 N–H and O–H groups in total. The summed E-state index contributed by atoms with van der Waals surface area (Å²) in [6, 6.07) is 43.0. The largest absolute Gasteiger partial charge is 0.399 e. The van der Waals surface area contributed by atoms with Crippen LogP contribution in [-0.4, -0.2) is 97.8 Å². The van der Waals surface area contributed by atoms with Gasteiger partial charge in [-0.15, -0.1) is 10.2 Å². The fraction of sp³-hybridized carbons (Fsp3) is 0.190. The lowest BCUT2D eigenvalue weighted by atomic mass is 10.1. The molecule has 18 heteroatoms. The van der Waals surface area contributed by atoms with Crippen LogP contribution in [0.15, 0.2) is 183 Å². The Bertz CT molecular complexity index is 3450. The monoisotopic (exact) mass is 1020 g/mol. The van der Waals surface area contributed by atoms with Crippen molar-refractivity contribution < 1.29 is 23.0 Å². The number of aryl methyl sites for hydroxylation is 2. The second-order valence-electron chi connectivity index (χ2n) is 17.9. The molecular formula is C58H55F2N13O3. The van der Waals surface area contributed by atoms with Crippen molar-refractivity contribution in [2.45, 2.75) is 19.4 Å². The van der Waals surface area contributed by atoms with Gasteiger partial charge in [-0.3, -0.25) is 14.9 Å². The Morgan fingerprint density at radius 2 is 1.07 bits per heavy atom. The summed E-state index contributed by atoms with van der Waals surface area (Å²) in [5.41, 5.74) is 14.6. The van der Waals surface area contributed by atoms with Crippen LogP contribution in [0.3, 0.4) is 0 Å². The van der Waals surface area contributed by atoms with E-state index in [9.17, 15) is 13.6 Å². The SMILES string of the molecule is Fc1ccc(CCc2cccnc2)cc1.Nc1ccc(-c2nc(N3CCOCC3)c3cccn3n2)cc1.O=C(Nc1ccc(-c2nc(N3CCOCC3)c3cccn3n2)cc1)N(Cc1ccc(F)cc1)c1cccnc1. The van der Waals surface area contributed by atoms with Crippen LogP contribution in [0, 0.1) is 11.6 Å². The van der Waals surface area contributed by atoms with E-state index in [1.807, 2.05) is 119 Å². The number of anilines is 5. The number of halogens is 2. The topological polar surface area (TPSA) is 169 Å². The van der Waals surface area contributed by atoms with E-state index in [-0.39, 0.29) is 24.2 Å². The molecule has 0 radical (unpaired) electrons. The third kappa shape index (κ3) is 12.8. The first-order valence-corrected chi connectivity index (χ1v) is 25.0. The lowest BCUT2D eigenvalue weighted by molar-refractivity contribution is 0.122. The molecule has 8 heterocycles. The zero-order valence-electron chi connectivity index (χ0n) is 41.6. The number of carbonyl (C=O) groups is 1. The highest BCUT2D eigenvalue weighted by molar-refractivity contribution is 6.01. The number of nitrogens with zero attached hydrogens (tertiary/aromatic N) is 11. The Labute approximate surface area is 438 Å². The number of nitrogens with one attached hydrogen (secondary N) is 1. The van der Waals surface area contributed by atoms with Crippen LogP contribution in [0.1, 0.15) is 16.7 Å². The zero-order chi connectivity index (χ0) is 52.1. The first-order chi connectivity index (χ1) is 37.3. The van der Waals surface area contributed by atoms with Crippen LogP contribution in [0.25, 0.3) is 33.8 Å². The van der Waals surface area contributed by atoms with Gasteiger partial charge in [0.1, 0.15) is 22.7 Å². The highest BCUT2D eigenvalue weighted by atomic mass is 19.1. The number of aromatic nitrogens is 8. The van der Waals surface area contributed by atoms with Gasteiger partial charge >= 0.3 is 6.03 Å². The Hall–Kier alpha value is -9.13. The zero-order valence-corrected chi connectivity index (χ0v) is 41.6. The van der Waals surface area contributed by atoms with Crippen LogP contribution in [0.5, 0.6) is 0 Å². The van der Waals surface area contributed by atoms with Gasteiger partial charge in [-0.1, -0.05) is 30.3 Å². The van der Waals surface area contributed by atoms with Gasteiger partial charge in [-0.2, -0.15) is 0 Å². The normalized spacial score (nSPS) is 13.3. The van der Waals surface area contributed by atoms with Gasteiger partial charge in [0.15, 0.2) is 23.3 Å². The molecule has 384 valence electrons. The van der Waals surface area contributed by atoms with E-state index < -0.39 is 0 Å². The third-order valence-corrected chi connectivity index (χ3v) is 12.7. The Balaban J connectivity index is 0.000000148. The summed E-state index contributed by atoms with van der Waals surface area (Å²) in [5.74, 6) is 2.61. The van der Waals surface area contributed by atoms with Crippen LogP contribution in [-0.2, 0) is 28.9 Å². The average molecular weight is 1020 g/mol. The van der Waals surface area contributed by atoms with E-state index in [1.165, 1.54) is 29.8 Å². The summed E-state index contributed by atoms with van der Waals surface area (Å²) < 4.78 is 40.7. The minimum atomic E-state index is -0.334. The number of amides is 2. The molecule has 16 nitrogen and oxygen atoms in total. The van der Waals surface area contributed by atoms with Gasteiger partial charge in [-0.25, -0.2) is 32.6 Å². The number of ether oxygens (including phenoxy) is 2. The molecule has 2 saturated heterocycles. The summed E-state index contributed by atoms with van der Waals surface area (Å²) in [6.07, 6.45) is 12.6. The highest BCUT2D eigenvalue weighted by Crippen LogP contribution is 2.28. The minimum absolute atomic E-state index is 0.180. The molecule has 0 spiro atoms. The Morgan fingerprint density at radius 1 is 0.566 bits per heavy atom. The van der Waals surface area contributed by atoms with E-state index in [0.29, 0.717) is 36.2 Å². The summed E-state index contributed by atoms with van der Waals surface area (Å²) in [7, 11) is 0. The van der Waals surface area contributed by atoms with Gasteiger partial charge in [0.05, 0.1) is 44.9 Å². The van der Waals surface area contributed by atoms with Crippen molar-refractivity contribution in [2.75, 3.05) is 78.4 Å². The number of benzene rings is 4. The summed E-state index contributed by atoms with van der Waals surface area (Å²) in [5, 5.41) is 12.2. The maximum atomic E-state index is 13.4. The predicted octanol–water partition coefficient (Wildman–Crippen LogP) is 9.83. The van der Waals surface area contributed by atoms with Gasteiger partial charge in [0, 0.05) is 79.7 Å². The molecule has 10 aromatic rings. The van der Waals surface area contributed by atoms with Crippen molar-refractivity contribution in [2.24, 2.45) is 0 Å². The first kappa shape index (κ1) is 50.4. The van der Waals surface area contributed by atoms with Crippen LogP contribution < -0.4 is 25.8 Å². The van der Waals surface area contributed by atoms with Gasteiger partial charge in [0.2, 0.25) is 0 Å². The summed E-state index contributed by atoms with van der Waals surface area (Å²) in [4.78, 5) is 37.3.